The molecule has 0 unspecified atom stereocenters. The lowest BCUT2D eigenvalue weighted by Gasteiger charge is -2.06. The molecule has 0 aliphatic heterocycles. The lowest BCUT2D eigenvalue weighted by atomic mass is 10.1. The van der Waals surface area contributed by atoms with Gasteiger partial charge < -0.3 is 5.43 Å². The fraction of sp³-hybridized carbons (Fsp3) is 0. The highest BCUT2D eigenvalue weighted by Gasteiger charge is 2.11. The van der Waals surface area contributed by atoms with E-state index in [4.69, 9.17) is 5.84 Å². The van der Waals surface area contributed by atoms with E-state index in [2.05, 4.69) is 43.0 Å². The van der Waals surface area contributed by atoms with Crippen LogP contribution >= 0.6 is 33.9 Å². The van der Waals surface area contributed by atoms with Crippen LogP contribution in [0.4, 0.5) is 5.82 Å². The molecular formula is C13H10IN5S. The molecule has 3 aromatic rings. The van der Waals surface area contributed by atoms with Gasteiger partial charge in [0, 0.05) is 11.6 Å². The average molecular weight is 395 g/mol. The van der Waals surface area contributed by atoms with E-state index in [1.54, 1.807) is 17.5 Å². The molecule has 2 heterocycles. The topological polar surface area (TPSA) is 76.7 Å². The van der Waals surface area contributed by atoms with Crippen molar-refractivity contribution in [2.75, 3.05) is 5.43 Å². The van der Waals surface area contributed by atoms with Crippen molar-refractivity contribution in [1.29, 1.82) is 0 Å². The number of nitrogens with one attached hydrogen (secondary N) is 1. The molecule has 0 fully saturated rings. The maximum absolute atomic E-state index is 5.49. The molecule has 0 atom stereocenters. The molecule has 3 rings (SSSR count). The molecule has 100 valence electrons. The van der Waals surface area contributed by atoms with Gasteiger partial charge in [0.15, 0.2) is 10.8 Å². The van der Waals surface area contributed by atoms with Gasteiger partial charge in [-0.1, -0.05) is 30.3 Å². The van der Waals surface area contributed by atoms with Crippen molar-refractivity contribution >= 4 is 39.7 Å². The summed E-state index contributed by atoms with van der Waals surface area (Å²) in [5.74, 6) is 6.63. The van der Waals surface area contributed by atoms with Crippen molar-refractivity contribution < 1.29 is 0 Å². The Morgan fingerprint density at radius 1 is 1.15 bits per heavy atom. The molecule has 0 radical (unpaired) electrons. The number of nitrogens with zero attached hydrogens (tertiary/aromatic N) is 3. The van der Waals surface area contributed by atoms with Gasteiger partial charge in [-0.3, -0.25) is 0 Å². The minimum Gasteiger partial charge on any atom is -0.308 e. The van der Waals surface area contributed by atoms with Crippen molar-refractivity contribution in [3.63, 3.8) is 0 Å². The van der Waals surface area contributed by atoms with Gasteiger partial charge in [-0.25, -0.2) is 20.8 Å². The third-order valence-corrected chi connectivity index (χ3v) is 4.33. The predicted molar refractivity (Wildman–Crippen MR) is 89.1 cm³/mol. The van der Waals surface area contributed by atoms with Crippen LogP contribution in [0.15, 0.2) is 42.6 Å². The number of rotatable bonds is 3. The number of hydrazine groups is 1. The Labute approximate surface area is 133 Å². The second kappa shape index (κ2) is 5.81. The van der Waals surface area contributed by atoms with Crippen LogP contribution in [0, 0.1) is 2.88 Å². The molecule has 0 aliphatic carbocycles. The molecule has 3 N–H and O–H groups in total. The number of benzene rings is 1. The molecule has 0 spiro atoms. The standard InChI is InChI=1S/C13H10IN5S/c14-10-7-16-13(20-10)12-17-9(6-11(18-12)19-15)8-4-2-1-3-5-8/h1-7H,15H2,(H,17,18,19). The summed E-state index contributed by atoms with van der Waals surface area (Å²) < 4.78 is 1.09. The monoisotopic (exact) mass is 395 g/mol. The van der Waals surface area contributed by atoms with Gasteiger partial charge in [0.1, 0.15) is 5.82 Å². The lowest BCUT2D eigenvalue weighted by Crippen LogP contribution is -2.09. The third kappa shape index (κ3) is 2.79. The van der Waals surface area contributed by atoms with Gasteiger partial charge in [0.25, 0.3) is 0 Å². The van der Waals surface area contributed by atoms with E-state index in [1.807, 2.05) is 36.4 Å². The lowest BCUT2D eigenvalue weighted by molar-refractivity contribution is 1.14. The first-order valence-electron chi connectivity index (χ1n) is 5.79. The number of hydrogen-bond acceptors (Lipinski definition) is 6. The first-order chi connectivity index (χ1) is 9.76. The summed E-state index contributed by atoms with van der Waals surface area (Å²) in [5.41, 5.74) is 4.40. The molecule has 20 heavy (non-hydrogen) atoms. The number of nitrogens with two attached hydrogens (primary N) is 1. The highest BCUT2D eigenvalue weighted by atomic mass is 127. The van der Waals surface area contributed by atoms with Crippen molar-refractivity contribution in [3.05, 3.63) is 45.5 Å². The minimum atomic E-state index is 0.569. The zero-order valence-corrected chi connectivity index (χ0v) is 13.2. The fourth-order valence-electron chi connectivity index (χ4n) is 1.73. The van der Waals surface area contributed by atoms with Crippen LogP contribution in [0.25, 0.3) is 22.1 Å². The molecule has 0 amide bonds. The number of aromatic nitrogens is 3. The molecule has 0 saturated carbocycles. The van der Waals surface area contributed by atoms with E-state index in [0.29, 0.717) is 11.6 Å². The van der Waals surface area contributed by atoms with Gasteiger partial charge >= 0.3 is 0 Å². The number of nitrogen functional groups attached to an aromatic ring is 1. The Bertz CT molecular complexity index is 729. The molecule has 0 saturated heterocycles. The maximum atomic E-state index is 5.49. The van der Waals surface area contributed by atoms with Gasteiger partial charge in [0.05, 0.1) is 14.8 Å². The summed E-state index contributed by atoms with van der Waals surface area (Å²) in [6.07, 6.45) is 1.80. The normalized spacial score (nSPS) is 10.5. The summed E-state index contributed by atoms with van der Waals surface area (Å²) >= 11 is 3.77. The first-order valence-corrected chi connectivity index (χ1v) is 7.68. The van der Waals surface area contributed by atoms with Gasteiger partial charge in [-0.2, -0.15) is 0 Å². The highest BCUT2D eigenvalue weighted by molar-refractivity contribution is 14.1. The van der Waals surface area contributed by atoms with E-state index in [1.165, 1.54) is 0 Å². The highest BCUT2D eigenvalue weighted by Crippen LogP contribution is 2.27. The summed E-state index contributed by atoms with van der Waals surface area (Å²) in [6, 6.07) is 11.7. The summed E-state index contributed by atoms with van der Waals surface area (Å²) in [7, 11) is 0. The van der Waals surface area contributed by atoms with Crippen LogP contribution in [0.3, 0.4) is 0 Å². The largest absolute Gasteiger partial charge is 0.308 e. The van der Waals surface area contributed by atoms with Crippen LogP contribution in [0.1, 0.15) is 0 Å². The smallest absolute Gasteiger partial charge is 0.191 e. The van der Waals surface area contributed by atoms with Gasteiger partial charge in [-0.15, -0.1) is 11.3 Å². The van der Waals surface area contributed by atoms with Crippen LogP contribution in [0.2, 0.25) is 0 Å². The Hall–Kier alpha value is -1.58. The predicted octanol–water partition coefficient (Wildman–Crippen LogP) is 3.16. The minimum absolute atomic E-state index is 0.569. The van der Waals surface area contributed by atoms with E-state index in [9.17, 15) is 0 Å². The van der Waals surface area contributed by atoms with Crippen LogP contribution in [-0.4, -0.2) is 15.0 Å². The number of thiazole rings is 1. The molecule has 0 bridgehead atoms. The fourth-order valence-corrected chi connectivity index (χ4v) is 3.07. The van der Waals surface area contributed by atoms with E-state index in [0.717, 1.165) is 19.1 Å². The van der Waals surface area contributed by atoms with Crippen molar-refractivity contribution in [2.45, 2.75) is 0 Å². The Kier molecular flexibility index (Phi) is 3.90. The molecule has 1 aromatic carbocycles. The Morgan fingerprint density at radius 3 is 2.60 bits per heavy atom. The quantitative estimate of drug-likeness (QED) is 0.405. The average Bonchev–Trinajstić information content (AvgIpc) is 2.94. The van der Waals surface area contributed by atoms with Crippen LogP contribution < -0.4 is 11.3 Å². The van der Waals surface area contributed by atoms with E-state index >= 15 is 0 Å². The zero-order chi connectivity index (χ0) is 13.9. The second-order valence-electron chi connectivity index (χ2n) is 3.94. The Morgan fingerprint density at radius 2 is 1.95 bits per heavy atom. The molecule has 7 heteroatoms. The molecule has 5 nitrogen and oxygen atoms in total. The van der Waals surface area contributed by atoms with Crippen molar-refractivity contribution in [2.24, 2.45) is 5.84 Å². The van der Waals surface area contributed by atoms with Crippen LogP contribution in [0.5, 0.6) is 0 Å². The van der Waals surface area contributed by atoms with Gasteiger partial charge in [-0.05, 0) is 22.6 Å². The van der Waals surface area contributed by atoms with Crippen molar-refractivity contribution in [1.82, 2.24) is 15.0 Å². The molecule has 0 aliphatic rings. The second-order valence-corrected chi connectivity index (χ2v) is 6.87. The summed E-state index contributed by atoms with van der Waals surface area (Å²) in [6.45, 7) is 0. The van der Waals surface area contributed by atoms with E-state index in [-0.39, 0.29) is 0 Å². The third-order valence-electron chi connectivity index (χ3n) is 2.61. The van der Waals surface area contributed by atoms with E-state index < -0.39 is 0 Å². The molecular weight excluding hydrogens is 385 g/mol. The number of halogens is 1. The molecule has 2 aromatic heterocycles. The van der Waals surface area contributed by atoms with Crippen LogP contribution in [-0.2, 0) is 0 Å². The maximum Gasteiger partial charge on any atom is 0.191 e. The SMILES string of the molecule is NNc1cc(-c2ccccc2)nc(-c2ncc(I)s2)n1. The van der Waals surface area contributed by atoms with Crippen molar-refractivity contribution in [3.8, 4) is 22.1 Å². The Balaban J connectivity index is 2.12. The zero-order valence-electron chi connectivity index (χ0n) is 10.2. The summed E-state index contributed by atoms with van der Waals surface area (Å²) in [4.78, 5) is 13.2. The van der Waals surface area contributed by atoms with Gasteiger partial charge in [0.2, 0.25) is 0 Å². The number of anilines is 1. The number of hydrogen-bond donors (Lipinski definition) is 2. The first kappa shape index (κ1) is 13.4. The summed E-state index contributed by atoms with van der Waals surface area (Å²) in [5, 5.41) is 0.781.